The molecule has 0 unspecified atom stereocenters. The zero-order valence-corrected chi connectivity index (χ0v) is 36.5. The van der Waals surface area contributed by atoms with Crippen LogP contribution in [0.5, 0.6) is 0 Å². The first-order valence-electron chi connectivity index (χ1n) is 22.9. The third-order valence-corrected chi connectivity index (χ3v) is 14.0. The van der Waals surface area contributed by atoms with E-state index in [4.69, 9.17) is 0 Å². The lowest BCUT2D eigenvalue weighted by atomic mass is 9.92. The minimum Gasteiger partial charge on any atom is -0.307 e. The topological polar surface area (TPSA) is 52.2 Å². The SMILES string of the molecule is O=C1c2cccc(-n3c4c(-n5c6ccccc6c6ccccc65)cccc4c4cccc(-n5c6ccccc6c6ccccc65)c43)c2C(=O)N1c1cccc(-c2ccccc2)c1-c1ccccc1. The van der Waals surface area contributed by atoms with Crippen molar-refractivity contribution in [3.63, 3.8) is 0 Å². The summed E-state index contributed by atoms with van der Waals surface area (Å²) >= 11 is 0. The van der Waals surface area contributed by atoms with E-state index in [0.717, 1.165) is 99.0 Å². The number of nitrogens with zero attached hydrogens (tertiary/aromatic N) is 4. The summed E-state index contributed by atoms with van der Waals surface area (Å²) in [4.78, 5) is 32.5. The molecule has 0 saturated heterocycles. The molecule has 1 aliphatic heterocycles. The Hall–Kier alpha value is -9.26. The van der Waals surface area contributed by atoms with Crippen LogP contribution < -0.4 is 4.90 Å². The monoisotopic (exact) mass is 870 g/mol. The predicted molar refractivity (Wildman–Crippen MR) is 278 cm³/mol. The molecule has 318 valence electrons. The first-order valence-corrected chi connectivity index (χ1v) is 22.9. The molecule has 14 rings (SSSR count). The lowest BCUT2D eigenvalue weighted by Crippen LogP contribution is -2.30. The number of benzene rings is 10. The van der Waals surface area contributed by atoms with Crippen LogP contribution in [0.4, 0.5) is 5.69 Å². The number of anilines is 1. The number of amides is 2. The quantitative estimate of drug-likeness (QED) is 0.156. The number of fused-ring (bicyclic) bond motifs is 10. The highest BCUT2D eigenvalue weighted by atomic mass is 16.2. The van der Waals surface area contributed by atoms with Gasteiger partial charge in [-0.25, -0.2) is 4.90 Å². The molecule has 2 amide bonds. The van der Waals surface area contributed by atoms with Crippen molar-refractivity contribution in [1.82, 2.24) is 13.7 Å². The Morgan fingerprint density at radius 1 is 0.250 bits per heavy atom. The molecule has 3 aromatic heterocycles. The maximum Gasteiger partial charge on any atom is 0.268 e. The van der Waals surface area contributed by atoms with Gasteiger partial charge in [0.05, 0.1) is 67.0 Å². The van der Waals surface area contributed by atoms with Crippen molar-refractivity contribution in [2.45, 2.75) is 0 Å². The van der Waals surface area contributed by atoms with E-state index in [1.54, 1.807) is 6.07 Å². The van der Waals surface area contributed by atoms with Crippen molar-refractivity contribution in [1.29, 1.82) is 0 Å². The van der Waals surface area contributed by atoms with Crippen LogP contribution in [-0.4, -0.2) is 25.5 Å². The minimum absolute atomic E-state index is 0.356. The van der Waals surface area contributed by atoms with Gasteiger partial charge in [0.2, 0.25) is 0 Å². The second kappa shape index (κ2) is 14.6. The lowest BCUT2D eigenvalue weighted by molar-refractivity contribution is 0.0926. The van der Waals surface area contributed by atoms with Crippen molar-refractivity contribution in [2.75, 3.05) is 4.90 Å². The maximum absolute atomic E-state index is 15.8. The van der Waals surface area contributed by atoms with Crippen LogP contribution in [0.2, 0.25) is 0 Å². The number of para-hydroxylation sites is 6. The Balaban J connectivity index is 1.10. The molecule has 13 aromatic rings. The van der Waals surface area contributed by atoms with E-state index in [1.165, 1.54) is 4.90 Å². The Labute approximate surface area is 390 Å². The highest BCUT2D eigenvalue weighted by Gasteiger charge is 2.41. The number of hydrogen-bond donors (Lipinski definition) is 0. The molecule has 68 heavy (non-hydrogen) atoms. The third-order valence-electron chi connectivity index (χ3n) is 14.0. The van der Waals surface area contributed by atoms with Crippen LogP contribution in [0.25, 0.3) is 105 Å². The molecule has 4 heterocycles. The molecule has 0 radical (unpaired) electrons. The van der Waals surface area contributed by atoms with Gasteiger partial charge in [-0.05, 0) is 71.3 Å². The van der Waals surface area contributed by atoms with E-state index in [0.29, 0.717) is 22.5 Å². The molecule has 0 aliphatic carbocycles. The Bertz CT molecular complexity index is 3970. The zero-order valence-electron chi connectivity index (χ0n) is 36.5. The summed E-state index contributed by atoms with van der Waals surface area (Å²) in [5.74, 6) is -0.734. The molecule has 10 aromatic carbocycles. The van der Waals surface area contributed by atoms with Gasteiger partial charge in [0.25, 0.3) is 11.8 Å². The largest absolute Gasteiger partial charge is 0.307 e. The summed E-state index contributed by atoms with van der Waals surface area (Å²) < 4.78 is 6.98. The van der Waals surface area contributed by atoms with Gasteiger partial charge in [-0.3, -0.25) is 9.59 Å². The fourth-order valence-corrected chi connectivity index (χ4v) is 11.2. The number of carbonyl (C=O) groups excluding carboxylic acids is 2. The molecule has 0 N–H and O–H groups in total. The number of hydrogen-bond acceptors (Lipinski definition) is 2. The maximum atomic E-state index is 15.8. The van der Waals surface area contributed by atoms with Gasteiger partial charge in [0.15, 0.2) is 0 Å². The Kier molecular flexibility index (Phi) is 8.18. The van der Waals surface area contributed by atoms with Crippen molar-refractivity contribution in [3.05, 3.63) is 242 Å². The summed E-state index contributed by atoms with van der Waals surface area (Å²) in [7, 11) is 0. The summed E-state index contributed by atoms with van der Waals surface area (Å²) in [5, 5.41) is 6.65. The van der Waals surface area contributed by atoms with E-state index < -0.39 is 0 Å². The van der Waals surface area contributed by atoms with E-state index in [2.05, 4.69) is 165 Å². The van der Waals surface area contributed by atoms with E-state index in [1.807, 2.05) is 72.8 Å². The molecule has 6 nitrogen and oxygen atoms in total. The van der Waals surface area contributed by atoms with Gasteiger partial charge in [-0.15, -0.1) is 0 Å². The van der Waals surface area contributed by atoms with E-state index in [-0.39, 0.29) is 11.8 Å². The molecule has 0 bridgehead atoms. The summed E-state index contributed by atoms with van der Waals surface area (Å²) in [6.45, 7) is 0. The van der Waals surface area contributed by atoms with Crippen molar-refractivity contribution < 1.29 is 9.59 Å². The van der Waals surface area contributed by atoms with Crippen LogP contribution in [-0.2, 0) is 0 Å². The molecule has 0 fully saturated rings. The second-order valence-electron chi connectivity index (χ2n) is 17.5. The minimum atomic E-state index is -0.373. The smallest absolute Gasteiger partial charge is 0.268 e. The first kappa shape index (κ1) is 38.1. The van der Waals surface area contributed by atoms with Crippen molar-refractivity contribution >= 4 is 82.9 Å². The van der Waals surface area contributed by atoms with Crippen LogP contribution in [0.3, 0.4) is 0 Å². The average molecular weight is 871 g/mol. The molecular formula is C62H38N4O2. The van der Waals surface area contributed by atoms with Crippen LogP contribution in [0.15, 0.2) is 231 Å². The predicted octanol–water partition coefficient (Wildman–Crippen LogP) is 15.1. The fraction of sp³-hybridized carbons (Fsp3) is 0. The summed E-state index contributed by atoms with van der Waals surface area (Å²) in [6.07, 6.45) is 0. The molecular weight excluding hydrogens is 833 g/mol. The van der Waals surface area contributed by atoms with Gasteiger partial charge in [-0.1, -0.05) is 176 Å². The third kappa shape index (κ3) is 5.28. The van der Waals surface area contributed by atoms with E-state index >= 15 is 9.59 Å². The zero-order chi connectivity index (χ0) is 45.0. The average Bonchev–Trinajstić information content (AvgIpc) is 4.11. The Morgan fingerprint density at radius 3 is 1.13 bits per heavy atom. The lowest BCUT2D eigenvalue weighted by Gasteiger charge is -2.22. The van der Waals surface area contributed by atoms with E-state index in [9.17, 15) is 0 Å². The number of imide groups is 1. The normalized spacial score (nSPS) is 12.7. The molecule has 0 saturated carbocycles. The van der Waals surface area contributed by atoms with Gasteiger partial charge < -0.3 is 13.7 Å². The van der Waals surface area contributed by atoms with Gasteiger partial charge in [-0.2, -0.15) is 0 Å². The molecule has 0 atom stereocenters. The van der Waals surface area contributed by atoms with Crippen molar-refractivity contribution in [3.8, 4) is 39.3 Å². The van der Waals surface area contributed by atoms with Gasteiger partial charge >= 0.3 is 0 Å². The first-order chi connectivity index (χ1) is 33.7. The molecule has 0 spiro atoms. The van der Waals surface area contributed by atoms with Gasteiger partial charge in [0, 0.05) is 37.9 Å². The van der Waals surface area contributed by atoms with Crippen molar-refractivity contribution in [2.24, 2.45) is 0 Å². The highest BCUT2D eigenvalue weighted by molar-refractivity contribution is 6.37. The highest BCUT2D eigenvalue weighted by Crippen LogP contribution is 2.47. The van der Waals surface area contributed by atoms with Crippen LogP contribution in [0.1, 0.15) is 20.7 Å². The van der Waals surface area contributed by atoms with Crippen LogP contribution in [0, 0.1) is 0 Å². The summed E-state index contributed by atoms with van der Waals surface area (Å²) in [6, 6.07) is 79.0. The summed E-state index contributed by atoms with van der Waals surface area (Å²) in [5.41, 5.74) is 13.6. The Morgan fingerprint density at radius 2 is 0.632 bits per heavy atom. The number of carbonyl (C=O) groups is 2. The molecule has 6 heteroatoms. The second-order valence-corrected chi connectivity index (χ2v) is 17.5. The fourth-order valence-electron chi connectivity index (χ4n) is 11.2. The molecule has 1 aliphatic rings. The number of aromatic nitrogens is 3. The van der Waals surface area contributed by atoms with Crippen LogP contribution >= 0.6 is 0 Å². The standard InChI is InChI=1S/C62H38N4O2/c67-61-48-30-18-36-54(58(48)62(68)66(61)53-35-15-27-41(39-19-3-1-4-20-39)57(53)40-21-5-2-6-22-40)65-59-46(28-16-37-55(59)63-49-31-11-7-23-42(49)43-24-8-12-32-50(43)63)47-29-17-38-56(60(47)65)64-51-33-13-9-25-44(51)45-26-10-14-34-52(45)64/h1-38H. The number of rotatable bonds is 6. The van der Waals surface area contributed by atoms with Gasteiger partial charge in [0.1, 0.15) is 0 Å².